The molecule has 0 saturated carbocycles. The predicted octanol–water partition coefficient (Wildman–Crippen LogP) is 2.33. The van der Waals surface area contributed by atoms with E-state index in [0.717, 1.165) is 11.1 Å². The molecule has 21 heavy (non-hydrogen) atoms. The van der Waals surface area contributed by atoms with Crippen molar-refractivity contribution in [3.63, 3.8) is 0 Å². The van der Waals surface area contributed by atoms with E-state index in [1.165, 1.54) is 0 Å². The van der Waals surface area contributed by atoms with E-state index in [1.54, 1.807) is 6.07 Å². The molecular weight excluding hydrogens is 264 g/mol. The number of nitrogens with two attached hydrogens (primary N) is 1. The number of hydrogen-bond acceptors (Lipinski definition) is 4. The maximum atomic E-state index is 9.35. The smallest absolute Gasteiger partial charge is 0.133 e. The molecule has 2 aromatic carbocycles. The summed E-state index contributed by atoms with van der Waals surface area (Å²) >= 11 is 0. The monoisotopic (exact) mass is 282 g/mol. The maximum Gasteiger partial charge on any atom is 0.133 e. The molecule has 0 aliphatic rings. The van der Waals surface area contributed by atoms with Gasteiger partial charge in [-0.1, -0.05) is 42.5 Å². The normalized spacial score (nSPS) is 13.2. The first kappa shape index (κ1) is 15.0. The van der Waals surface area contributed by atoms with E-state index in [2.05, 4.69) is 6.07 Å². The average molecular weight is 282 g/mol. The van der Waals surface area contributed by atoms with E-state index in [4.69, 9.17) is 15.6 Å². The Labute approximate surface area is 124 Å². The zero-order valence-electron chi connectivity index (χ0n) is 11.7. The summed E-state index contributed by atoms with van der Waals surface area (Å²) in [4.78, 5) is 0. The molecule has 0 radical (unpaired) electrons. The van der Waals surface area contributed by atoms with Gasteiger partial charge < -0.3 is 15.6 Å². The van der Waals surface area contributed by atoms with Crippen molar-refractivity contribution < 1.29 is 9.84 Å². The third-order valence-electron chi connectivity index (χ3n) is 3.33. The predicted molar refractivity (Wildman–Crippen MR) is 80.4 cm³/mol. The molecule has 4 nitrogen and oxygen atoms in total. The van der Waals surface area contributed by atoms with E-state index >= 15 is 0 Å². The fraction of sp³-hybridized carbons (Fsp3) is 0.235. The molecule has 0 saturated heterocycles. The van der Waals surface area contributed by atoms with Crippen LogP contribution in [0.2, 0.25) is 0 Å². The molecule has 0 aliphatic heterocycles. The van der Waals surface area contributed by atoms with Gasteiger partial charge in [0.25, 0.3) is 0 Å². The first-order valence-corrected chi connectivity index (χ1v) is 6.76. The van der Waals surface area contributed by atoms with Crippen molar-refractivity contribution in [2.75, 3.05) is 6.61 Å². The van der Waals surface area contributed by atoms with Crippen LogP contribution in [0.5, 0.6) is 5.75 Å². The Hall–Kier alpha value is -2.35. The van der Waals surface area contributed by atoms with Gasteiger partial charge in [0.1, 0.15) is 11.3 Å². The van der Waals surface area contributed by atoms with Gasteiger partial charge in [0.2, 0.25) is 0 Å². The molecule has 3 N–H and O–H groups in total. The molecule has 4 heteroatoms. The summed E-state index contributed by atoms with van der Waals surface area (Å²) in [5.74, 6) is 0.662. The second-order valence-corrected chi connectivity index (χ2v) is 4.85. The number of nitrogens with zero attached hydrogens (tertiary/aromatic N) is 1. The fourth-order valence-corrected chi connectivity index (χ4v) is 2.06. The maximum absolute atomic E-state index is 9.35. The Kier molecular flexibility index (Phi) is 4.94. The van der Waals surface area contributed by atoms with Crippen LogP contribution in [0.15, 0.2) is 54.6 Å². The number of nitriles is 1. The summed E-state index contributed by atoms with van der Waals surface area (Å²) in [6.07, 6.45) is 0.386. The lowest BCUT2D eigenvalue weighted by Crippen LogP contribution is -2.36. The number of hydrogen-bond donors (Lipinski definition) is 2. The van der Waals surface area contributed by atoms with Crippen LogP contribution in [0, 0.1) is 11.3 Å². The Balaban J connectivity index is 1.99. The van der Waals surface area contributed by atoms with Crippen LogP contribution in [0.3, 0.4) is 0 Å². The van der Waals surface area contributed by atoms with Gasteiger partial charge in [-0.2, -0.15) is 5.26 Å². The van der Waals surface area contributed by atoms with Gasteiger partial charge in [-0.15, -0.1) is 0 Å². The van der Waals surface area contributed by atoms with Crippen LogP contribution in [0.25, 0.3) is 0 Å². The summed E-state index contributed by atoms with van der Waals surface area (Å²) in [6, 6.07) is 18.7. The minimum absolute atomic E-state index is 0.0275. The lowest BCUT2D eigenvalue weighted by molar-refractivity contribution is 0.272. The quantitative estimate of drug-likeness (QED) is 0.852. The molecule has 2 aromatic rings. The highest BCUT2D eigenvalue weighted by Gasteiger charge is 2.26. The van der Waals surface area contributed by atoms with Crippen LogP contribution in [-0.2, 0) is 12.1 Å². The van der Waals surface area contributed by atoms with Crippen molar-refractivity contribution in [1.29, 1.82) is 5.26 Å². The van der Waals surface area contributed by atoms with Gasteiger partial charge in [0.15, 0.2) is 0 Å². The molecule has 0 heterocycles. The van der Waals surface area contributed by atoms with Gasteiger partial charge in [0.05, 0.1) is 19.3 Å². The Morgan fingerprint density at radius 2 is 1.90 bits per heavy atom. The average Bonchev–Trinajstić information content (AvgIpc) is 2.55. The molecule has 0 aromatic heterocycles. The summed E-state index contributed by atoms with van der Waals surface area (Å²) in [7, 11) is 0. The van der Waals surface area contributed by atoms with Crippen molar-refractivity contribution in [1.82, 2.24) is 0 Å². The van der Waals surface area contributed by atoms with Crippen LogP contribution >= 0.6 is 0 Å². The van der Waals surface area contributed by atoms with Crippen molar-refractivity contribution in [2.24, 2.45) is 5.73 Å². The SMILES string of the molecule is N#CC(N)(CCOc1cccc(CO)c1)c1ccccc1. The third kappa shape index (κ3) is 3.82. The van der Waals surface area contributed by atoms with Gasteiger partial charge >= 0.3 is 0 Å². The fourth-order valence-electron chi connectivity index (χ4n) is 2.06. The van der Waals surface area contributed by atoms with E-state index < -0.39 is 5.54 Å². The standard InChI is InChI=1S/C17H18N2O2/c18-13-17(19,15-6-2-1-3-7-15)9-10-21-16-8-4-5-14(11-16)12-20/h1-8,11,20H,9-10,12,19H2. The molecule has 0 bridgehead atoms. The lowest BCUT2D eigenvalue weighted by atomic mass is 9.89. The first-order chi connectivity index (χ1) is 10.2. The third-order valence-corrected chi connectivity index (χ3v) is 3.33. The second-order valence-electron chi connectivity index (χ2n) is 4.85. The van der Waals surface area contributed by atoms with E-state index in [9.17, 15) is 5.26 Å². The number of ether oxygens (including phenoxy) is 1. The molecule has 1 atom stereocenters. The minimum Gasteiger partial charge on any atom is -0.493 e. The van der Waals surface area contributed by atoms with E-state index in [1.807, 2.05) is 48.5 Å². The molecule has 0 fully saturated rings. The summed E-state index contributed by atoms with van der Waals surface area (Å²) in [5, 5.41) is 18.4. The number of aliphatic hydroxyl groups excluding tert-OH is 1. The highest BCUT2D eigenvalue weighted by atomic mass is 16.5. The second kappa shape index (κ2) is 6.89. The van der Waals surface area contributed by atoms with Crippen LogP contribution in [-0.4, -0.2) is 11.7 Å². The number of benzene rings is 2. The van der Waals surface area contributed by atoms with Gasteiger partial charge in [-0.3, -0.25) is 0 Å². The van der Waals surface area contributed by atoms with E-state index in [0.29, 0.717) is 18.8 Å². The topological polar surface area (TPSA) is 79.3 Å². The van der Waals surface area contributed by atoms with Gasteiger partial charge in [-0.05, 0) is 23.3 Å². The Morgan fingerprint density at radius 1 is 1.14 bits per heavy atom. The highest BCUT2D eigenvalue weighted by molar-refractivity contribution is 5.31. The zero-order chi connectivity index (χ0) is 15.1. The van der Waals surface area contributed by atoms with Crippen LogP contribution in [0.1, 0.15) is 17.5 Å². The molecule has 0 spiro atoms. The zero-order valence-corrected chi connectivity index (χ0v) is 11.7. The van der Waals surface area contributed by atoms with Gasteiger partial charge in [-0.25, -0.2) is 0 Å². The Morgan fingerprint density at radius 3 is 2.57 bits per heavy atom. The molecule has 0 amide bonds. The van der Waals surface area contributed by atoms with Gasteiger partial charge in [0, 0.05) is 6.42 Å². The molecule has 0 aliphatic carbocycles. The lowest BCUT2D eigenvalue weighted by Gasteiger charge is -2.22. The summed E-state index contributed by atoms with van der Waals surface area (Å²) in [6.45, 7) is 0.300. The van der Waals surface area contributed by atoms with Crippen molar-refractivity contribution in [3.8, 4) is 11.8 Å². The number of aliphatic hydroxyl groups is 1. The van der Waals surface area contributed by atoms with Crippen molar-refractivity contribution in [3.05, 3.63) is 65.7 Å². The minimum atomic E-state index is -1.06. The molecule has 2 rings (SSSR count). The van der Waals surface area contributed by atoms with E-state index in [-0.39, 0.29) is 6.61 Å². The number of rotatable bonds is 6. The molecule has 1 unspecified atom stereocenters. The Bertz CT molecular complexity index is 622. The first-order valence-electron chi connectivity index (χ1n) is 6.76. The summed E-state index contributed by atoms with van der Waals surface area (Å²) in [5.41, 5.74) is 6.66. The highest BCUT2D eigenvalue weighted by Crippen LogP contribution is 2.22. The molecule has 108 valence electrons. The summed E-state index contributed by atoms with van der Waals surface area (Å²) < 4.78 is 5.63. The van der Waals surface area contributed by atoms with Crippen molar-refractivity contribution in [2.45, 2.75) is 18.6 Å². The van der Waals surface area contributed by atoms with Crippen LogP contribution in [0.4, 0.5) is 0 Å². The molecular formula is C17H18N2O2. The van der Waals surface area contributed by atoms with Crippen LogP contribution < -0.4 is 10.5 Å². The largest absolute Gasteiger partial charge is 0.493 e. The van der Waals surface area contributed by atoms with Crippen molar-refractivity contribution >= 4 is 0 Å².